The molecule has 1 rings (SSSR count). The van der Waals surface area contributed by atoms with Crippen molar-refractivity contribution < 1.29 is 4.39 Å². The van der Waals surface area contributed by atoms with Crippen LogP contribution in [0, 0.1) is 6.92 Å². The third kappa shape index (κ3) is 2.55. The van der Waals surface area contributed by atoms with E-state index in [4.69, 9.17) is 0 Å². The standard InChI is InChI=1S/C9H11BrFN/c1-7-8(3-2-6-11)4-5-9(10)12-7/h4-5H,2-3,6H2,1H3. The Kier molecular flexibility index (Phi) is 3.66. The van der Waals surface area contributed by atoms with Crippen molar-refractivity contribution in [2.45, 2.75) is 19.8 Å². The molecule has 0 aliphatic heterocycles. The number of hydrogen-bond donors (Lipinski definition) is 0. The Morgan fingerprint density at radius 1 is 1.50 bits per heavy atom. The minimum atomic E-state index is -0.254. The Hall–Kier alpha value is -0.440. The molecule has 66 valence electrons. The van der Waals surface area contributed by atoms with Crippen LogP contribution >= 0.6 is 15.9 Å². The van der Waals surface area contributed by atoms with Gasteiger partial charge >= 0.3 is 0 Å². The van der Waals surface area contributed by atoms with E-state index in [1.54, 1.807) is 0 Å². The second-order valence-electron chi connectivity index (χ2n) is 2.67. The predicted octanol–water partition coefficient (Wildman–Crippen LogP) is 3.05. The first-order valence-electron chi connectivity index (χ1n) is 3.92. The third-order valence-electron chi connectivity index (χ3n) is 1.74. The minimum Gasteiger partial charge on any atom is -0.251 e. The molecule has 3 heteroatoms. The number of halogens is 2. The molecule has 0 atom stereocenters. The van der Waals surface area contributed by atoms with Crippen molar-refractivity contribution in [2.75, 3.05) is 6.67 Å². The van der Waals surface area contributed by atoms with Gasteiger partial charge in [0, 0.05) is 5.69 Å². The molecule has 0 bridgehead atoms. The first-order valence-corrected chi connectivity index (χ1v) is 4.71. The van der Waals surface area contributed by atoms with Crippen molar-refractivity contribution in [3.8, 4) is 0 Å². The van der Waals surface area contributed by atoms with Gasteiger partial charge < -0.3 is 0 Å². The van der Waals surface area contributed by atoms with Gasteiger partial charge in [0.2, 0.25) is 0 Å². The number of pyridine rings is 1. The molecule has 12 heavy (non-hydrogen) atoms. The number of rotatable bonds is 3. The summed E-state index contributed by atoms with van der Waals surface area (Å²) < 4.78 is 12.7. The Morgan fingerprint density at radius 3 is 2.83 bits per heavy atom. The van der Waals surface area contributed by atoms with Gasteiger partial charge in [-0.3, -0.25) is 4.39 Å². The van der Waals surface area contributed by atoms with E-state index < -0.39 is 0 Å². The molecule has 1 nitrogen and oxygen atoms in total. The van der Waals surface area contributed by atoms with E-state index in [0.29, 0.717) is 6.42 Å². The monoisotopic (exact) mass is 231 g/mol. The molecule has 0 fully saturated rings. The lowest BCUT2D eigenvalue weighted by molar-refractivity contribution is 0.472. The van der Waals surface area contributed by atoms with E-state index >= 15 is 0 Å². The normalized spacial score (nSPS) is 10.2. The van der Waals surface area contributed by atoms with E-state index in [1.807, 2.05) is 19.1 Å². The van der Waals surface area contributed by atoms with E-state index in [-0.39, 0.29) is 6.67 Å². The first-order chi connectivity index (χ1) is 5.74. The van der Waals surface area contributed by atoms with Gasteiger partial charge in [-0.2, -0.15) is 0 Å². The zero-order valence-electron chi connectivity index (χ0n) is 6.98. The zero-order chi connectivity index (χ0) is 8.97. The van der Waals surface area contributed by atoms with E-state index in [1.165, 1.54) is 0 Å². The molecular weight excluding hydrogens is 221 g/mol. The van der Waals surface area contributed by atoms with Gasteiger partial charge in [-0.25, -0.2) is 4.98 Å². The van der Waals surface area contributed by atoms with E-state index in [2.05, 4.69) is 20.9 Å². The summed E-state index contributed by atoms with van der Waals surface area (Å²) in [6.07, 6.45) is 1.37. The quantitative estimate of drug-likeness (QED) is 0.730. The molecule has 0 aliphatic carbocycles. The molecule has 0 unspecified atom stereocenters. The Balaban J connectivity index is 2.72. The SMILES string of the molecule is Cc1nc(Br)ccc1CCCF. The van der Waals surface area contributed by atoms with Gasteiger partial charge in [0.05, 0.1) is 6.67 Å². The molecule has 1 heterocycles. The molecule has 0 saturated carbocycles. The van der Waals surface area contributed by atoms with Gasteiger partial charge in [0.15, 0.2) is 0 Å². The molecule has 0 N–H and O–H groups in total. The van der Waals surface area contributed by atoms with Crippen molar-refractivity contribution in [1.29, 1.82) is 0 Å². The van der Waals surface area contributed by atoms with Gasteiger partial charge in [0.1, 0.15) is 4.60 Å². The van der Waals surface area contributed by atoms with Crippen molar-refractivity contribution in [3.05, 3.63) is 28.0 Å². The highest BCUT2D eigenvalue weighted by molar-refractivity contribution is 9.10. The third-order valence-corrected chi connectivity index (χ3v) is 2.18. The van der Waals surface area contributed by atoms with Crippen LogP contribution < -0.4 is 0 Å². The van der Waals surface area contributed by atoms with Gasteiger partial charge in [-0.05, 0) is 47.3 Å². The van der Waals surface area contributed by atoms with Crippen LogP contribution in [0.2, 0.25) is 0 Å². The Morgan fingerprint density at radius 2 is 2.25 bits per heavy atom. The maximum Gasteiger partial charge on any atom is 0.106 e. The molecule has 0 aromatic carbocycles. The minimum absolute atomic E-state index is 0.254. The predicted molar refractivity (Wildman–Crippen MR) is 51.0 cm³/mol. The van der Waals surface area contributed by atoms with Crippen molar-refractivity contribution >= 4 is 15.9 Å². The molecule has 1 aromatic heterocycles. The topological polar surface area (TPSA) is 12.9 Å². The summed E-state index contributed by atoms with van der Waals surface area (Å²) in [4.78, 5) is 4.22. The van der Waals surface area contributed by atoms with E-state index in [9.17, 15) is 4.39 Å². The average Bonchev–Trinajstić information content (AvgIpc) is 2.03. The molecule has 0 spiro atoms. The molecule has 0 radical (unpaired) electrons. The summed E-state index contributed by atoms with van der Waals surface area (Å²) in [6, 6.07) is 3.88. The number of nitrogens with zero attached hydrogens (tertiary/aromatic N) is 1. The lowest BCUT2D eigenvalue weighted by atomic mass is 10.1. The van der Waals surface area contributed by atoms with Crippen molar-refractivity contribution in [2.24, 2.45) is 0 Å². The second-order valence-corrected chi connectivity index (χ2v) is 3.48. The van der Waals surface area contributed by atoms with Crippen LogP contribution in [0.5, 0.6) is 0 Å². The highest BCUT2D eigenvalue weighted by atomic mass is 79.9. The highest BCUT2D eigenvalue weighted by Gasteiger charge is 1.99. The summed E-state index contributed by atoms with van der Waals surface area (Å²) in [5.74, 6) is 0. The summed E-state index contributed by atoms with van der Waals surface area (Å²) in [7, 11) is 0. The smallest absolute Gasteiger partial charge is 0.106 e. The lowest BCUT2D eigenvalue weighted by Crippen LogP contribution is -1.93. The number of alkyl halides is 1. The fourth-order valence-electron chi connectivity index (χ4n) is 1.08. The van der Waals surface area contributed by atoms with Gasteiger partial charge in [-0.1, -0.05) is 6.07 Å². The zero-order valence-corrected chi connectivity index (χ0v) is 8.57. The van der Waals surface area contributed by atoms with Crippen LogP contribution in [0.15, 0.2) is 16.7 Å². The average molecular weight is 232 g/mol. The van der Waals surface area contributed by atoms with Crippen molar-refractivity contribution in [3.63, 3.8) is 0 Å². The van der Waals surface area contributed by atoms with Crippen LogP contribution in [-0.2, 0) is 6.42 Å². The largest absolute Gasteiger partial charge is 0.251 e. The first kappa shape index (κ1) is 9.65. The van der Waals surface area contributed by atoms with Crippen LogP contribution in [0.3, 0.4) is 0 Å². The van der Waals surface area contributed by atoms with Gasteiger partial charge in [-0.15, -0.1) is 0 Å². The second kappa shape index (κ2) is 4.55. The molecule has 1 aromatic rings. The Bertz CT molecular complexity index is 263. The van der Waals surface area contributed by atoms with Crippen LogP contribution in [0.1, 0.15) is 17.7 Å². The summed E-state index contributed by atoms with van der Waals surface area (Å²) in [5.41, 5.74) is 2.12. The lowest BCUT2D eigenvalue weighted by Gasteiger charge is -2.02. The van der Waals surface area contributed by atoms with Crippen molar-refractivity contribution in [1.82, 2.24) is 4.98 Å². The van der Waals surface area contributed by atoms with E-state index in [0.717, 1.165) is 22.3 Å². The van der Waals surface area contributed by atoms with Crippen LogP contribution in [-0.4, -0.2) is 11.7 Å². The van der Waals surface area contributed by atoms with Crippen LogP contribution in [0.25, 0.3) is 0 Å². The van der Waals surface area contributed by atoms with Crippen LogP contribution in [0.4, 0.5) is 4.39 Å². The fraction of sp³-hybridized carbons (Fsp3) is 0.444. The Labute approximate surface area is 80.1 Å². The van der Waals surface area contributed by atoms with Gasteiger partial charge in [0.25, 0.3) is 0 Å². The number of aromatic nitrogens is 1. The molecule has 0 aliphatic rings. The summed E-state index contributed by atoms with van der Waals surface area (Å²) >= 11 is 3.28. The number of hydrogen-bond acceptors (Lipinski definition) is 1. The maximum absolute atomic E-state index is 11.9. The molecule has 0 saturated heterocycles. The summed E-state index contributed by atoms with van der Waals surface area (Å²) in [5, 5.41) is 0. The molecule has 0 amide bonds. The summed E-state index contributed by atoms with van der Waals surface area (Å²) in [6.45, 7) is 1.69. The highest BCUT2D eigenvalue weighted by Crippen LogP contribution is 2.12. The molecular formula is C9H11BrFN. The number of aryl methyl sites for hydroxylation is 2. The fourth-order valence-corrected chi connectivity index (χ4v) is 1.48. The maximum atomic E-state index is 11.9.